The summed E-state index contributed by atoms with van der Waals surface area (Å²) >= 11 is 5.72. The van der Waals surface area contributed by atoms with Gasteiger partial charge < -0.3 is 4.74 Å². The first-order valence-electron chi connectivity index (χ1n) is 4.03. The molecule has 0 N–H and O–H groups in total. The number of pyridine rings is 1. The van der Waals surface area contributed by atoms with E-state index in [1.54, 1.807) is 24.4 Å². The van der Waals surface area contributed by atoms with E-state index in [-0.39, 0.29) is 0 Å². The second-order valence-electron chi connectivity index (χ2n) is 2.77. The molecule has 1 aromatic carbocycles. The lowest BCUT2D eigenvalue weighted by Crippen LogP contribution is -1.89. The molecule has 0 atom stereocenters. The number of rotatable bonds is 2. The highest BCUT2D eigenvalue weighted by atomic mass is 35.5. The van der Waals surface area contributed by atoms with Crippen LogP contribution in [0.3, 0.4) is 0 Å². The lowest BCUT2D eigenvalue weighted by molar-refractivity contribution is 0.192. The standard InChI is InChI=1S/C10H7ClFNO/c11-10-4-8-3-9(14-6-12)2-1-7(8)5-13-10/h1-5H,6H2. The number of aromatic nitrogens is 1. The molecule has 2 aromatic rings. The molecule has 0 unspecified atom stereocenters. The van der Waals surface area contributed by atoms with Crippen molar-refractivity contribution in [3.63, 3.8) is 0 Å². The summed E-state index contributed by atoms with van der Waals surface area (Å²) < 4.78 is 16.6. The normalized spacial score (nSPS) is 10.4. The first kappa shape index (κ1) is 9.21. The predicted octanol–water partition coefficient (Wildman–Crippen LogP) is 3.19. The summed E-state index contributed by atoms with van der Waals surface area (Å²) in [5.41, 5.74) is 0. The van der Waals surface area contributed by atoms with Gasteiger partial charge in [-0.1, -0.05) is 11.6 Å². The van der Waals surface area contributed by atoms with E-state index in [9.17, 15) is 4.39 Å². The third-order valence-corrected chi connectivity index (χ3v) is 2.09. The third kappa shape index (κ3) is 1.77. The Balaban J connectivity index is 2.52. The zero-order valence-corrected chi connectivity index (χ0v) is 7.96. The molecule has 0 saturated heterocycles. The smallest absolute Gasteiger partial charge is 0.228 e. The van der Waals surface area contributed by atoms with Crippen LogP contribution in [0.4, 0.5) is 4.39 Å². The Kier molecular flexibility index (Phi) is 2.50. The SMILES string of the molecule is FCOc1ccc2cnc(Cl)cc2c1. The van der Waals surface area contributed by atoms with Gasteiger partial charge >= 0.3 is 0 Å². The van der Waals surface area contributed by atoms with Crippen molar-refractivity contribution in [1.82, 2.24) is 4.98 Å². The molecular formula is C10H7ClFNO. The molecule has 0 aliphatic heterocycles. The molecule has 0 radical (unpaired) electrons. The lowest BCUT2D eigenvalue weighted by atomic mass is 10.2. The van der Waals surface area contributed by atoms with E-state index in [2.05, 4.69) is 4.98 Å². The summed E-state index contributed by atoms with van der Waals surface area (Å²) in [6.07, 6.45) is 1.66. The Morgan fingerprint density at radius 1 is 1.29 bits per heavy atom. The number of hydrogen-bond acceptors (Lipinski definition) is 2. The van der Waals surface area contributed by atoms with Crippen LogP contribution >= 0.6 is 11.6 Å². The van der Waals surface area contributed by atoms with Gasteiger partial charge in [-0.15, -0.1) is 0 Å². The molecule has 2 nitrogen and oxygen atoms in total. The van der Waals surface area contributed by atoms with Crippen molar-refractivity contribution < 1.29 is 9.13 Å². The van der Waals surface area contributed by atoms with Gasteiger partial charge in [-0.25, -0.2) is 9.37 Å². The van der Waals surface area contributed by atoms with Crippen molar-refractivity contribution in [3.8, 4) is 5.75 Å². The highest BCUT2D eigenvalue weighted by Crippen LogP contribution is 2.22. The van der Waals surface area contributed by atoms with E-state index in [0.717, 1.165) is 10.8 Å². The van der Waals surface area contributed by atoms with Crippen LogP contribution in [0.1, 0.15) is 0 Å². The van der Waals surface area contributed by atoms with Gasteiger partial charge in [-0.3, -0.25) is 0 Å². The molecule has 0 spiro atoms. The minimum Gasteiger partial charge on any atom is -0.463 e. The summed E-state index contributed by atoms with van der Waals surface area (Å²) in [5.74, 6) is 0.488. The fourth-order valence-electron chi connectivity index (χ4n) is 1.24. The maximum atomic E-state index is 11.9. The van der Waals surface area contributed by atoms with E-state index in [1.807, 2.05) is 6.07 Å². The Morgan fingerprint density at radius 2 is 2.14 bits per heavy atom. The summed E-state index contributed by atoms with van der Waals surface area (Å²) in [6, 6.07) is 6.94. The number of halogens is 2. The average Bonchev–Trinajstić information content (AvgIpc) is 2.17. The van der Waals surface area contributed by atoms with Gasteiger partial charge in [0.05, 0.1) is 0 Å². The van der Waals surface area contributed by atoms with Crippen molar-refractivity contribution in [2.45, 2.75) is 0 Å². The van der Waals surface area contributed by atoms with Crippen LogP contribution < -0.4 is 4.74 Å². The molecule has 4 heteroatoms. The Hall–Kier alpha value is -1.35. The number of ether oxygens (including phenoxy) is 1. The summed E-state index contributed by atoms with van der Waals surface area (Å²) in [7, 11) is 0. The zero-order chi connectivity index (χ0) is 9.97. The second-order valence-corrected chi connectivity index (χ2v) is 3.16. The van der Waals surface area contributed by atoms with Gasteiger partial charge in [0.15, 0.2) is 0 Å². The Morgan fingerprint density at radius 3 is 2.93 bits per heavy atom. The minimum atomic E-state index is -0.829. The molecule has 0 fully saturated rings. The molecule has 14 heavy (non-hydrogen) atoms. The first-order valence-corrected chi connectivity index (χ1v) is 4.41. The number of alkyl halides is 1. The fraction of sp³-hybridized carbons (Fsp3) is 0.100. The molecule has 2 rings (SSSR count). The highest BCUT2D eigenvalue weighted by Gasteiger charge is 1.98. The summed E-state index contributed by atoms with van der Waals surface area (Å²) in [4.78, 5) is 3.93. The van der Waals surface area contributed by atoms with Gasteiger partial charge in [0.1, 0.15) is 10.9 Å². The quantitative estimate of drug-likeness (QED) is 0.712. The largest absolute Gasteiger partial charge is 0.463 e. The summed E-state index contributed by atoms with van der Waals surface area (Å²) in [6.45, 7) is -0.829. The summed E-state index contributed by atoms with van der Waals surface area (Å²) in [5, 5.41) is 2.24. The average molecular weight is 212 g/mol. The van der Waals surface area contributed by atoms with Crippen molar-refractivity contribution >= 4 is 22.4 Å². The molecular weight excluding hydrogens is 205 g/mol. The van der Waals surface area contributed by atoms with E-state index >= 15 is 0 Å². The van der Waals surface area contributed by atoms with Crippen LogP contribution in [0.25, 0.3) is 10.8 Å². The van der Waals surface area contributed by atoms with Crippen LogP contribution in [-0.2, 0) is 0 Å². The van der Waals surface area contributed by atoms with Gasteiger partial charge in [0, 0.05) is 11.6 Å². The molecule has 0 saturated carbocycles. The van der Waals surface area contributed by atoms with Crippen molar-refractivity contribution in [3.05, 3.63) is 35.6 Å². The molecule has 0 bridgehead atoms. The number of benzene rings is 1. The molecule has 0 amide bonds. The second kappa shape index (κ2) is 3.80. The molecule has 1 heterocycles. The lowest BCUT2D eigenvalue weighted by Gasteiger charge is -2.02. The third-order valence-electron chi connectivity index (χ3n) is 1.88. The molecule has 72 valence electrons. The maximum Gasteiger partial charge on any atom is 0.228 e. The Labute approximate surface area is 85.3 Å². The first-order chi connectivity index (χ1) is 6.79. The number of hydrogen-bond donors (Lipinski definition) is 0. The number of fused-ring (bicyclic) bond motifs is 1. The minimum absolute atomic E-state index is 0.412. The van der Waals surface area contributed by atoms with E-state index in [4.69, 9.17) is 16.3 Å². The van der Waals surface area contributed by atoms with Crippen LogP contribution in [0.5, 0.6) is 5.75 Å². The Bertz CT molecular complexity index is 461. The van der Waals surface area contributed by atoms with Gasteiger partial charge in [-0.05, 0) is 29.7 Å². The van der Waals surface area contributed by atoms with Gasteiger partial charge in [-0.2, -0.15) is 0 Å². The van der Waals surface area contributed by atoms with Crippen LogP contribution in [0.2, 0.25) is 5.15 Å². The predicted molar refractivity (Wildman–Crippen MR) is 53.4 cm³/mol. The van der Waals surface area contributed by atoms with Crippen molar-refractivity contribution in [1.29, 1.82) is 0 Å². The van der Waals surface area contributed by atoms with Crippen LogP contribution in [0.15, 0.2) is 30.5 Å². The van der Waals surface area contributed by atoms with Gasteiger partial charge in [0.2, 0.25) is 6.86 Å². The molecule has 0 aliphatic carbocycles. The fourth-order valence-corrected chi connectivity index (χ4v) is 1.41. The zero-order valence-electron chi connectivity index (χ0n) is 7.21. The van der Waals surface area contributed by atoms with E-state index in [1.165, 1.54) is 0 Å². The van der Waals surface area contributed by atoms with Crippen LogP contribution in [0, 0.1) is 0 Å². The maximum absolute atomic E-state index is 11.9. The monoisotopic (exact) mass is 211 g/mol. The van der Waals surface area contributed by atoms with E-state index < -0.39 is 6.86 Å². The number of nitrogens with zero attached hydrogens (tertiary/aromatic N) is 1. The topological polar surface area (TPSA) is 22.1 Å². The van der Waals surface area contributed by atoms with E-state index in [0.29, 0.717) is 10.9 Å². The van der Waals surface area contributed by atoms with Crippen molar-refractivity contribution in [2.24, 2.45) is 0 Å². The highest BCUT2D eigenvalue weighted by molar-refractivity contribution is 6.30. The van der Waals surface area contributed by atoms with Gasteiger partial charge in [0.25, 0.3) is 0 Å². The van der Waals surface area contributed by atoms with Crippen LogP contribution in [-0.4, -0.2) is 11.8 Å². The van der Waals surface area contributed by atoms with Crippen molar-refractivity contribution in [2.75, 3.05) is 6.86 Å². The molecule has 1 aromatic heterocycles. The molecule has 0 aliphatic rings.